The van der Waals surface area contributed by atoms with Crippen molar-refractivity contribution in [3.8, 4) is 11.1 Å². The fourth-order valence-electron chi connectivity index (χ4n) is 2.96. The first-order chi connectivity index (χ1) is 10.9. The van der Waals surface area contributed by atoms with Crippen LogP contribution in [0.25, 0.3) is 21.9 Å². The Morgan fingerprint density at radius 1 is 0.636 bits per heavy atom. The lowest BCUT2D eigenvalue weighted by molar-refractivity contribution is 0.522. The zero-order valence-corrected chi connectivity index (χ0v) is 12.2. The van der Waals surface area contributed by atoms with Gasteiger partial charge < -0.3 is 4.42 Å². The summed E-state index contributed by atoms with van der Waals surface area (Å²) in [6, 6.07) is 27.4. The fourth-order valence-corrected chi connectivity index (χ4v) is 2.96. The van der Waals surface area contributed by atoms with Crippen LogP contribution in [-0.4, -0.2) is 0 Å². The average molecular weight is 284 g/mol. The van der Waals surface area contributed by atoms with E-state index in [9.17, 15) is 0 Å². The van der Waals surface area contributed by atoms with Crippen molar-refractivity contribution < 1.29 is 4.42 Å². The maximum atomic E-state index is 5.77. The van der Waals surface area contributed by atoms with E-state index in [0.29, 0.717) is 0 Å². The zero-order valence-electron chi connectivity index (χ0n) is 12.2. The molecule has 0 unspecified atom stereocenters. The van der Waals surface area contributed by atoms with Gasteiger partial charge in [-0.25, -0.2) is 0 Å². The number of fused-ring (bicyclic) bond motifs is 1. The third-order valence-electron chi connectivity index (χ3n) is 4.03. The van der Waals surface area contributed by atoms with E-state index < -0.39 is 0 Å². The van der Waals surface area contributed by atoms with Crippen LogP contribution in [0, 0.1) is 0 Å². The van der Waals surface area contributed by atoms with Crippen LogP contribution in [0.5, 0.6) is 0 Å². The van der Waals surface area contributed by atoms with Crippen LogP contribution in [0.4, 0.5) is 0 Å². The molecule has 3 aromatic carbocycles. The second kappa shape index (κ2) is 5.53. The molecule has 0 N–H and O–H groups in total. The van der Waals surface area contributed by atoms with Crippen molar-refractivity contribution in [1.29, 1.82) is 0 Å². The van der Waals surface area contributed by atoms with Crippen molar-refractivity contribution in [3.63, 3.8) is 0 Å². The minimum absolute atomic E-state index is 0.812. The molecule has 0 fully saturated rings. The van der Waals surface area contributed by atoms with Crippen LogP contribution in [0.3, 0.4) is 0 Å². The highest BCUT2D eigenvalue weighted by molar-refractivity contribution is 5.97. The molecule has 1 aromatic heterocycles. The Morgan fingerprint density at radius 2 is 1.41 bits per heavy atom. The first-order valence-corrected chi connectivity index (χ1v) is 7.50. The Labute approximate surface area is 129 Å². The molecule has 4 rings (SSSR count). The van der Waals surface area contributed by atoms with E-state index in [-0.39, 0.29) is 0 Å². The molecule has 0 aliphatic heterocycles. The lowest BCUT2D eigenvalue weighted by atomic mass is 9.97. The lowest BCUT2D eigenvalue weighted by Gasteiger charge is -2.07. The molecule has 0 bridgehead atoms. The van der Waals surface area contributed by atoms with E-state index in [1.165, 1.54) is 27.5 Å². The lowest BCUT2D eigenvalue weighted by Crippen LogP contribution is -1.89. The summed E-state index contributed by atoms with van der Waals surface area (Å²) in [5, 5.41) is 2.52. The highest BCUT2D eigenvalue weighted by Gasteiger charge is 2.11. The number of furan rings is 1. The van der Waals surface area contributed by atoms with Gasteiger partial charge in [-0.05, 0) is 28.0 Å². The number of hydrogen-bond donors (Lipinski definition) is 0. The van der Waals surface area contributed by atoms with Crippen molar-refractivity contribution in [2.45, 2.75) is 6.42 Å². The van der Waals surface area contributed by atoms with Crippen LogP contribution in [0.2, 0.25) is 0 Å². The summed E-state index contributed by atoms with van der Waals surface area (Å²) in [5.74, 6) is 1.02. The van der Waals surface area contributed by atoms with E-state index in [0.717, 1.165) is 12.2 Å². The molecule has 0 amide bonds. The Kier molecular flexibility index (Phi) is 3.24. The van der Waals surface area contributed by atoms with Gasteiger partial charge in [0.1, 0.15) is 5.76 Å². The highest BCUT2D eigenvalue weighted by atomic mass is 16.3. The molecule has 0 spiro atoms. The Balaban J connectivity index is 1.82. The first-order valence-electron chi connectivity index (χ1n) is 7.50. The Morgan fingerprint density at radius 3 is 2.32 bits per heavy atom. The Hall–Kier alpha value is -2.80. The molecule has 106 valence electrons. The highest BCUT2D eigenvalue weighted by Crippen LogP contribution is 2.32. The van der Waals surface area contributed by atoms with Gasteiger partial charge in [-0.1, -0.05) is 72.8 Å². The Bertz CT molecular complexity index is 898. The van der Waals surface area contributed by atoms with Gasteiger partial charge in [0.25, 0.3) is 0 Å². The van der Waals surface area contributed by atoms with Crippen molar-refractivity contribution in [2.75, 3.05) is 0 Å². The molecular formula is C21H16O. The SMILES string of the molecule is c1ccc(Cc2occc2-c2cccc3ccccc23)cc1. The van der Waals surface area contributed by atoms with Crippen LogP contribution >= 0.6 is 0 Å². The predicted molar refractivity (Wildman–Crippen MR) is 90.9 cm³/mol. The van der Waals surface area contributed by atoms with Crippen molar-refractivity contribution in [1.82, 2.24) is 0 Å². The van der Waals surface area contributed by atoms with Gasteiger partial charge in [0.05, 0.1) is 6.26 Å². The maximum Gasteiger partial charge on any atom is 0.115 e. The van der Waals surface area contributed by atoms with Gasteiger partial charge in [0, 0.05) is 12.0 Å². The molecule has 0 saturated carbocycles. The summed E-state index contributed by atoms with van der Waals surface area (Å²) in [4.78, 5) is 0. The molecule has 0 aliphatic carbocycles. The van der Waals surface area contributed by atoms with Crippen molar-refractivity contribution in [2.24, 2.45) is 0 Å². The average Bonchev–Trinajstić information content (AvgIpc) is 3.03. The van der Waals surface area contributed by atoms with Crippen molar-refractivity contribution >= 4 is 10.8 Å². The summed E-state index contributed by atoms with van der Waals surface area (Å²) in [6.45, 7) is 0. The largest absolute Gasteiger partial charge is 0.468 e. The van der Waals surface area contributed by atoms with Gasteiger partial charge in [0.2, 0.25) is 0 Å². The third-order valence-corrected chi connectivity index (χ3v) is 4.03. The van der Waals surface area contributed by atoms with E-state index in [2.05, 4.69) is 72.8 Å². The summed E-state index contributed by atoms with van der Waals surface area (Å²) in [5.41, 5.74) is 3.68. The van der Waals surface area contributed by atoms with Crippen molar-refractivity contribution in [3.05, 3.63) is 96.4 Å². The minimum atomic E-state index is 0.812. The van der Waals surface area contributed by atoms with Gasteiger partial charge in [0.15, 0.2) is 0 Å². The molecule has 22 heavy (non-hydrogen) atoms. The van der Waals surface area contributed by atoms with Gasteiger partial charge >= 0.3 is 0 Å². The van der Waals surface area contributed by atoms with Crippen LogP contribution in [-0.2, 0) is 6.42 Å². The molecule has 0 saturated heterocycles. The second-order valence-corrected chi connectivity index (χ2v) is 5.45. The summed E-state index contributed by atoms with van der Waals surface area (Å²) in [6.07, 6.45) is 2.60. The normalized spacial score (nSPS) is 10.9. The zero-order chi connectivity index (χ0) is 14.8. The third kappa shape index (κ3) is 2.31. The smallest absolute Gasteiger partial charge is 0.115 e. The predicted octanol–water partition coefficient (Wildman–Crippen LogP) is 5.69. The molecule has 4 aromatic rings. The van der Waals surface area contributed by atoms with Crippen LogP contribution in [0.15, 0.2) is 89.5 Å². The quantitative estimate of drug-likeness (QED) is 0.471. The molecule has 1 heteroatoms. The summed E-state index contributed by atoms with van der Waals surface area (Å²) in [7, 11) is 0. The summed E-state index contributed by atoms with van der Waals surface area (Å²) >= 11 is 0. The molecule has 1 nitrogen and oxygen atoms in total. The van der Waals surface area contributed by atoms with Gasteiger partial charge in [-0.3, -0.25) is 0 Å². The maximum absolute atomic E-state index is 5.77. The van der Waals surface area contributed by atoms with Gasteiger partial charge in [-0.2, -0.15) is 0 Å². The monoisotopic (exact) mass is 284 g/mol. The van der Waals surface area contributed by atoms with Crippen LogP contribution in [0.1, 0.15) is 11.3 Å². The minimum Gasteiger partial charge on any atom is -0.468 e. The number of benzene rings is 3. The fraction of sp³-hybridized carbons (Fsp3) is 0.0476. The van der Waals surface area contributed by atoms with E-state index in [4.69, 9.17) is 4.42 Å². The summed E-state index contributed by atoms with van der Waals surface area (Å²) < 4.78 is 5.77. The van der Waals surface area contributed by atoms with E-state index >= 15 is 0 Å². The molecule has 1 heterocycles. The van der Waals surface area contributed by atoms with Gasteiger partial charge in [-0.15, -0.1) is 0 Å². The second-order valence-electron chi connectivity index (χ2n) is 5.45. The molecule has 0 atom stereocenters. The topological polar surface area (TPSA) is 13.1 Å². The number of hydrogen-bond acceptors (Lipinski definition) is 1. The molecule has 0 aliphatic rings. The molecule has 0 radical (unpaired) electrons. The van der Waals surface area contributed by atoms with E-state index in [1.54, 1.807) is 6.26 Å². The standard InChI is InChI=1S/C21H16O/c1-2-7-16(8-3-1)15-21-20(13-14-22-21)19-12-6-10-17-9-4-5-11-18(17)19/h1-14H,15H2. The number of rotatable bonds is 3. The molecular weight excluding hydrogens is 268 g/mol. The first kappa shape index (κ1) is 12.9. The van der Waals surface area contributed by atoms with E-state index in [1.807, 2.05) is 6.07 Å². The van der Waals surface area contributed by atoms with Crippen LogP contribution < -0.4 is 0 Å².